The van der Waals surface area contributed by atoms with Gasteiger partial charge >= 0.3 is 0 Å². The molecule has 0 aliphatic heterocycles. The van der Waals surface area contributed by atoms with Crippen molar-refractivity contribution in [2.75, 3.05) is 26.0 Å². The molecule has 3 aromatic rings. The summed E-state index contributed by atoms with van der Waals surface area (Å²) in [6.07, 6.45) is 0. The molecule has 0 spiro atoms. The lowest BCUT2D eigenvalue weighted by molar-refractivity contribution is -0.118. The maximum atomic E-state index is 13.1. The van der Waals surface area contributed by atoms with Crippen molar-refractivity contribution in [2.24, 2.45) is 0 Å². The van der Waals surface area contributed by atoms with Gasteiger partial charge in [0.1, 0.15) is 5.82 Å². The molecular formula is C19H20N4O3S. The van der Waals surface area contributed by atoms with Gasteiger partial charge in [0.05, 0.1) is 23.3 Å². The number of thioether (sulfide) groups is 1. The van der Waals surface area contributed by atoms with Crippen molar-refractivity contribution in [3.63, 3.8) is 0 Å². The number of amides is 1. The number of ether oxygens (including phenoxy) is 1. The van der Waals surface area contributed by atoms with E-state index in [2.05, 4.69) is 15.3 Å². The normalized spacial score (nSPS) is 10.9. The summed E-state index contributed by atoms with van der Waals surface area (Å²) in [6.45, 7) is 2.74. The molecule has 0 saturated heterocycles. The lowest BCUT2D eigenvalue weighted by Crippen LogP contribution is -2.29. The number of hydrogen-bond donors (Lipinski definition) is 1. The fourth-order valence-electron chi connectivity index (χ4n) is 2.54. The van der Waals surface area contributed by atoms with Crippen molar-refractivity contribution in [3.8, 4) is 5.82 Å². The molecule has 0 atom stereocenters. The predicted octanol–water partition coefficient (Wildman–Crippen LogP) is 1.94. The van der Waals surface area contributed by atoms with E-state index in [0.717, 1.165) is 5.69 Å². The molecule has 0 unspecified atom stereocenters. The maximum Gasteiger partial charge on any atom is 0.267 e. The van der Waals surface area contributed by atoms with Gasteiger partial charge in [0.15, 0.2) is 5.16 Å². The zero-order chi connectivity index (χ0) is 19.2. The van der Waals surface area contributed by atoms with Crippen molar-refractivity contribution >= 4 is 28.6 Å². The Labute approximate surface area is 160 Å². The van der Waals surface area contributed by atoms with Gasteiger partial charge in [-0.05, 0) is 31.2 Å². The molecule has 2 heterocycles. The first kappa shape index (κ1) is 19.1. The molecule has 0 fully saturated rings. The van der Waals surface area contributed by atoms with Gasteiger partial charge in [-0.3, -0.25) is 9.59 Å². The number of para-hydroxylation sites is 1. The van der Waals surface area contributed by atoms with Crippen LogP contribution in [0.5, 0.6) is 0 Å². The molecular weight excluding hydrogens is 364 g/mol. The fraction of sp³-hybridized carbons (Fsp3) is 0.263. The molecule has 1 aromatic carbocycles. The molecule has 2 aromatic heterocycles. The minimum Gasteiger partial charge on any atom is -0.383 e. The van der Waals surface area contributed by atoms with Crippen molar-refractivity contribution in [2.45, 2.75) is 12.1 Å². The fourth-order valence-corrected chi connectivity index (χ4v) is 3.37. The number of aromatic nitrogens is 3. The molecule has 0 aliphatic rings. The number of carbonyl (C=O) groups is 1. The molecule has 8 heteroatoms. The minimum atomic E-state index is -0.207. The van der Waals surface area contributed by atoms with E-state index < -0.39 is 0 Å². The molecule has 1 amide bonds. The highest BCUT2D eigenvalue weighted by Crippen LogP contribution is 2.20. The van der Waals surface area contributed by atoms with E-state index in [0.29, 0.717) is 35.0 Å². The number of fused-ring (bicyclic) bond motifs is 1. The topological polar surface area (TPSA) is 86.1 Å². The Morgan fingerprint density at radius 1 is 1.19 bits per heavy atom. The van der Waals surface area contributed by atoms with Crippen LogP contribution < -0.4 is 10.9 Å². The van der Waals surface area contributed by atoms with Crippen LogP contribution in [0.4, 0.5) is 0 Å². The number of hydrogen-bond acceptors (Lipinski definition) is 6. The van der Waals surface area contributed by atoms with Gasteiger partial charge in [0.25, 0.3) is 5.56 Å². The smallest absolute Gasteiger partial charge is 0.267 e. The summed E-state index contributed by atoms with van der Waals surface area (Å²) in [4.78, 5) is 34.1. The molecule has 0 radical (unpaired) electrons. The lowest BCUT2D eigenvalue weighted by Gasteiger charge is -2.13. The summed E-state index contributed by atoms with van der Waals surface area (Å²) in [5, 5.41) is 3.70. The minimum absolute atomic E-state index is 0.139. The molecule has 140 valence electrons. The Hall–Kier alpha value is -2.71. The Kier molecular flexibility index (Phi) is 6.20. The van der Waals surface area contributed by atoms with Crippen LogP contribution in [0.25, 0.3) is 16.7 Å². The van der Waals surface area contributed by atoms with Crippen LogP contribution in [-0.4, -0.2) is 46.5 Å². The molecule has 0 saturated carbocycles. The number of carbonyl (C=O) groups excluding carboxylic acids is 1. The van der Waals surface area contributed by atoms with E-state index in [-0.39, 0.29) is 17.2 Å². The highest BCUT2D eigenvalue weighted by Gasteiger charge is 2.15. The third-order valence-electron chi connectivity index (χ3n) is 3.81. The zero-order valence-corrected chi connectivity index (χ0v) is 16.0. The van der Waals surface area contributed by atoms with Gasteiger partial charge in [-0.2, -0.15) is 0 Å². The molecule has 3 rings (SSSR count). The number of nitrogens with zero attached hydrogens (tertiary/aromatic N) is 3. The summed E-state index contributed by atoms with van der Waals surface area (Å²) in [7, 11) is 1.58. The zero-order valence-electron chi connectivity index (χ0n) is 15.1. The summed E-state index contributed by atoms with van der Waals surface area (Å²) in [5.41, 5.74) is 1.18. The van der Waals surface area contributed by atoms with Crippen LogP contribution in [0.15, 0.2) is 52.4 Å². The number of methoxy groups -OCH3 is 1. The molecule has 1 N–H and O–H groups in total. The first-order valence-electron chi connectivity index (χ1n) is 8.44. The molecule has 0 aliphatic carbocycles. The molecule has 27 heavy (non-hydrogen) atoms. The quantitative estimate of drug-likeness (QED) is 0.381. The van der Waals surface area contributed by atoms with E-state index in [4.69, 9.17) is 4.74 Å². The molecule has 0 bridgehead atoms. The maximum absolute atomic E-state index is 13.1. The third kappa shape index (κ3) is 4.53. The number of pyridine rings is 1. The Morgan fingerprint density at radius 3 is 2.78 bits per heavy atom. The van der Waals surface area contributed by atoms with E-state index in [1.807, 2.05) is 25.1 Å². The van der Waals surface area contributed by atoms with Crippen molar-refractivity contribution in [1.82, 2.24) is 19.9 Å². The second-order valence-corrected chi connectivity index (χ2v) is 6.76. The Morgan fingerprint density at radius 2 is 2.00 bits per heavy atom. The van der Waals surface area contributed by atoms with Crippen molar-refractivity contribution in [1.29, 1.82) is 0 Å². The summed E-state index contributed by atoms with van der Waals surface area (Å²) in [6, 6.07) is 12.6. The van der Waals surface area contributed by atoms with Crippen LogP contribution in [0, 0.1) is 6.92 Å². The average molecular weight is 384 g/mol. The van der Waals surface area contributed by atoms with Crippen LogP contribution in [0.1, 0.15) is 5.69 Å². The average Bonchev–Trinajstić information content (AvgIpc) is 2.66. The lowest BCUT2D eigenvalue weighted by atomic mass is 10.2. The van der Waals surface area contributed by atoms with Gasteiger partial charge in [-0.25, -0.2) is 14.5 Å². The standard InChI is InChI=1S/C19H20N4O3S/c1-13-6-5-9-16(21-13)23-18(25)14-7-3-4-8-15(14)22-19(23)27-12-17(24)20-10-11-26-2/h3-9H,10-12H2,1-2H3,(H,20,24). The van der Waals surface area contributed by atoms with Gasteiger partial charge in [-0.15, -0.1) is 0 Å². The summed E-state index contributed by atoms with van der Waals surface area (Å²) < 4.78 is 6.38. The van der Waals surface area contributed by atoms with Crippen molar-refractivity contribution < 1.29 is 9.53 Å². The Balaban J connectivity index is 1.98. The van der Waals surface area contributed by atoms with Crippen LogP contribution in [0.3, 0.4) is 0 Å². The van der Waals surface area contributed by atoms with Crippen LogP contribution >= 0.6 is 11.8 Å². The number of aryl methyl sites for hydroxylation is 1. The highest BCUT2D eigenvalue weighted by molar-refractivity contribution is 7.99. The predicted molar refractivity (Wildman–Crippen MR) is 105 cm³/mol. The molecule has 7 nitrogen and oxygen atoms in total. The van der Waals surface area contributed by atoms with Crippen molar-refractivity contribution in [3.05, 3.63) is 58.5 Å². The summed E-state index contributed by atoms with van der Waals surface area (Å²) >= 11 is 1.20. The van der Waals surface area contributed by atoms with Crippen LogP contribution in [0.2, 0.25) is 0 Å². The SMILES string of the molecule is COCCNC(=O)CSc1nc2ccccc2c(=O)n1-c1cccc(C)n1. The number of nitrogens with one attached hydrogen (secondary N) is 1. The van der Waals surface area contributed by atoms with Gasteiger partial charge in [0.2, 0.25) is 5.91 Å². The first-order chi connectivity index (χ1) is 13.1. The number of benzene rings is 1. The second kappa shape index (κ2) is 8.79. The third-order valence-corrected chi connectivity index (χ3v) is 4.75. The Bertz CT molecular complexity index is 1020. The largest absolute Gasteiger partial charge is 0.383 e. The number of rotatable bonds is 7. The van der Waals surface area contributed by atoms with Gasteiger partial charge < -0.3 is 10.1 Å². The summed E-state index contributed by atoms with van der Waals surface area (Å²) in [5.74, 6) is 0.476. The van der Waals surface area contributed by atoms with Gasteiger partial charge in [-0.1, -0.05) is 30.0 Å². The first-order valence-corrected chi connectivity index (χ1v) is 9.43. The van der Waals surface area contributed by atoms with E-state index in [9.17, 15) is 9.59 Å². The van der Waals surface area contributed by atoms with E-state index in [1.54, 1.807) is 31.4 Å². The van der Waals surface area contributed by atoms with E-state index >= 15 is 0 Å². The second-order valence-electron chi connectivity index (χ2n) is 5.82. The highest BCUT2D eigenvalue weighted by atomic mass is 32.2. The van der Waals surface area contributed by atoms with E-state index in [1.165, 1.54) is 16.3 Å². The monoisotopic (exact) mass is 384 g/mol. The van der Waals surface area contributed by atoms with Crippen LogP contribution in [-0.2, 0) is 9.53 Å². The van der Waals surface area contributed by atoms with Gasteiger partial charge in [0, 0.05) is 19.3 Å².